The monoisotopic (exact) mass is 632 g/mol. The SMILES string of the molecule is CCn1nc[n+](CC)c1N=Nc1ccc(N2CCN(c3ccc(N=Nc4n(CC)nc[n+]4CC)cc3OC)CC2)c(OC)c1.[CH3-].[CH3-]. The normalized spacial score (nSPS) is 13.3. The molecule has 0 atom stereocenters. The molecule has 248 valence electrons. The van der Waals surface area contributed by atoms with Crippen molar-refractivity contribution in [3.63, 3.8) is 0 Å². The van der Waals surface area contributed by atoms with Gasteiger partial charge in [0.2, 0.25) is 12.7 Å². The molecule has 46 heavy (non-hydrogen) atoms. The van der Waals surface area contributed by atoms with E-state index in [9.17, 15) is 0 Å². The minimum absolute atomic E-state index is 0. The Bertz CT molecular complexity index is 1460. The van der Waals surface area contributed by atoms with E-state index in [1.165, 1.54) is 0 Å². The van der Waals surface area contributed by atoms with Gasteiger partial charge in [-0.25, -0.2) is 9.13 Å². The summed E-state index contributed by atoms with van der Waals surface area (Å²) in [5.41, 5.74) is 3.51. The van der Waals surface area contributed by atoms with Crippen LogP contribution < -0.4 is 28.4 Å². The second-order valence-electron chi connectivity index (χ2n) is 10.2. The Morgan fingerprint density at radius 1 is 0.630 bits per heavy atom. The molecule has 0 amide bonds. The molecule has 14 heteroatoms. The number of benzene rings is 2. The summed E-state index contributed by atoms with van der Waals surface area (Å²) in [5.74, 6) is 2.97. The van der Waals surface area contributed by atoms with E-state index in [1.807, 2.05) is 56.6 Å². The van der Waals surface area contributed by atoms with E-state index in [-0.39, 0.29) is 14.9 Å². The molecule has 1 aliphatic rings. The van der Waals surface area contributed by atoms with Gasteiger partial charge in [0.25, 0.3) is 0 Å². The average Bonchev–Trinajstić information content (AvgIpc) is 3.68. The van der Waals surface area contributed by atoms with Crippen LogP contribution in [0.4, 0.5) is 34.6 Å². The number of hydrogen-bond acceptors (Lipinski definition) is 10. The Balaban J connectivity index is 0.00000288. The molecule has 1 fully saturated rings. The molecule has 0 spiro atoms. The fourth-order valence-corrected chi connectivity index (χ4v) is 5.24. The highest BCUT2D eigenvalue weighted by Gasteiger charge is 2.23. The smallest absolute Gasteiger partial charge is 0.403 e. The lowest BCUT2D eigenvalue weighted by atomic mass is 10.2. The van der Waals surface area contributed by atoms with Gasteiger partial charge in [-0.15, -0.1) is 9.36 Å². The van der Waals surface area contributed by atoms with E-state index >= 15 is 0 Å². The summed E-state index contributed by atoms with van der Waals surface area (Å²) in [6.45, 7) is 14.5. The third-order valence-corrected chi connectivity index (χ3v) is 7.71. The van der Waals surface area contributed by atoms with Crippen LogP contribution in [0.5, 0.6) is 11.5 Å². The lowest BCUT2D eigenvalue weighted by molar-refractivity contribution is -0.681. The number of methoxy groups -OCH3 is 2. The number of piperazine rings is 1. The number of ether oxygens (including phenoxy) is 2. The van der Waals surface area contributed by atoms with Crippen LogP contribution in [0.3, 0.4) is 0 Å². The largest absolute Gasteiger partial charge is 0.495 e. The lowest BCUT2D eigenvalue weighted by Gasteiger charge is -2.38. The van der Waals surface area contributed by atoms with Crippen molar-refractivity contribution in [2.24, 2.45) is 20.5 Å². The van der Waals surface area contributed by atoms with Gasteiger partial charge in [-0.1, -0.05) is 10.2 Å². The molecule has 14 nitrogen and oxygen atoms in total. The van der Waals surface area contributed by atoms with Gasteiger partial charge >= 0.3 is 11.9 Å². The molecule has 0 bridgehead atoms. The van der Waals surface area contributed by atoms with Gasteiger partial charge in [0.1, 0.15) is 22.9 Å². The number of hydrogen-bond donors (Lipinski definition) is 0. The zero-order valence-corrected chi connectivity index (χ0v) is 28.5. The third kappa shape index (κ3) is 7.49. The Kier molecular flexibility index (Phi) is 12.7. The summed E-state index contributed by atoms with van der Waals surface area (Å²) in [4.78, 5) is 4.67. The van der Waals surface area contributed by atoms with Crippen molar-refractivity contribution in [2.75, 3.05) is 50.2 Å². The van der Waals surface area contributed by atoms with Crippen molar-refractivity contribution in [3.8, 4) is 11.5 Å². The van der Waals surface area contributed by atoms with E-state index in [0.29, 0.717) is 11.9 Å². The average molecular weight is 633 g/mol. The fourth-order valence-electron chi connectivity index (χ4n) is 5.24. The second kappa shape index (κ2) is 16.4. The number of azo groups is 2. The summed E-state index contributed by atoms with van der Waals surface area (Å²) in [6.07, 6.45) is 3.56. The van der Waals surface area contributed by atoms with Crippen LogP contribution in [-0.2, 0) is 26.2 Å². The summed E-state index contributed by atoms with van der Waals surface area (Å²) in [5, 5.41) is 26.7. The van der Waals surface area contributed by atoms with Gasteiger partial charge < -0.3 is 34.1 Å². The number of anilines is 2. The predicted molar refractivity (Wildman–Crippen MR) is 179 cm³/mol. The van der Waals surface area contributed by atoms with Crippen LogP contribution in [0.1, 0.15) is 27.7 Å². The number of aryl methyl sites for hydroxylation is 4. The quantitative estimate of drug-likeness (QED) is 0.111. The van der Waals surface area contributed by atoms with E-state index in [4.69, 9.17) is 9.47 Å². The minimum atomic E-state index is 0. The topological polar surface area (TPSA) is 118 Å². The molecule has 2 aromatic carbocycles. The van der Waals surface area contributed by atoms with Crippen molar-refractivity contribution < 1.29 is 18.6 Å². The number of aromatic nitrogens is 6. The van der Waals surface area contributed by atoms with Crippen molar-refractivity contribution in [3.05, 3.63) is 63.9 Å². The van der Waals surface area contributed by atoms with E-state index < -0.39 is 0 Å². The van der Waals surface area contributed by atoms with Gasteiger partial charge in [0.05, 0.1) is 51.8 Å². The molecular weight excluding hydrogens is 584 g/mol. The van der Waals surface area contributed by atoms with Crippen molar-refractivity contribution in [1.82, 2.24) is 19.6 Å². The first-order chi connectivity index (χ1) is 21.5. The highest BCUT2D eigenvalue weighted by atomic mass is 16.5. The van der Waals surface area contributed by atoms with Gasteiger partial charge in [-0.2, -0.15) is 0 Å². The van der Waals surface area contributed by atoms with E-state index in [2.05, 4.69) is 66.4 Å². The zero-order chi connectivity index (χ0) is 31.1. The van der Waals surface area contributed by atoms with Crippen molar-refractivity contribution in [2.45, 2.75) is 53.9 Å². The molecule has 2 aromatic heterocycles. The first-order valence-corrected chi connectivity index (χ1v) is 15.1. The Hall–Kier alpha value is -4.88. The highest BCUT2D eigenvalue weighted by molar-refractivity contribution is 5.67. The molecule has 0 unspecified atom stereocenters. The van der Waals surface area contributed by atoms with Crippen LogP contribution in [-0.4, -0.2) is 60.0 Å². The van der Waals surface area contributed by atoms with Crippen LogP contribution in [0, 0.1) is 14.9 Å². The molecule has 3 heterocycles. The van der Waals surface area contributed by atoms with Gasteiger partial charge in [0, 0.05) is 48.5 Å². The minimum Gasteiger partial charge on any atom is -0.495 e. The van der Waals surface area contributed by atoms with Crippen molar-refractivity contribution in [1.29, 1.82) is 0 Å². The summed E-state index contributed by atoms with van der Waals surface area (Å²) < 4.78 is 19.2. The predicted octanol–water partition coefficient (Wildman–Crippen LogP) is 5.81. The lowest BCUT2D eigenvalue weighted by Crippen LogP contribution is -2.46. The third-order valence-electron chi connectivity index (χ3n) is 7.71. The Morgan fingerprint density at radius 3 is 1.35 bits per heavy atom. The standard InChI is InChI=1S/C30H42N12O2.2CH3/c1-7-37-21-31-41(9-3)29(37)35-33-23-11-13-25(27(19-23)43-5)39-15-17-40(18-16-39)26-14-12-24(20-28(26)44-6)34-36-30-38(8-2)22-32-42(30)10-4;;/h11-14,19-22H,7-10,15-18H2,1-6H3;2*1H3/q+2;2*-1. The van der Waals surface area contributed by atoms with Crippen LogP contribution >= 0.6 is 0 Å². The Morgan fingerprint density at radius 2 is 1.02 bits per heavy atom. The number of rotatable bonds is 12. The molecule has 0 N–H and O–H groups in total. The van der Waals surface area contributed by atoms with Crippen LogP contribution in [0.2, 0.25) is 0 Å². The summed E-state index contributed by atoms with van der Waals surface area (Å²) >= 11 is 0. The summed E-state index contributed by atoms with van der Waals surface area (Å²) in [6, 6.07) is 11.9. The van der Waals surface area contributed by atoms with E-state index in [0.717, 1.165) is 86.6 Å². The highest BCUT2D eigenvalue weighted by Crippen LogP contribution is 2.36. The van der Waals surface area contributed by atoms with Crippen LogP contribution in [0.25, 0.3) is 0 Å². The van der Waals surface area contributed by atoms with Crippen LogP contribution in [0.15, 0.2) is 69.5 Å². The molecule has 0 radical (unpaired) electrons. The first kappa shape index (κ1) is 35.6. The second-order valence-corrected chi connectivity index (χ2v) is 10.2. The molecule has 1 saturated heterocycles. The van der Waals surface area contributed by atoms with E-state index in [1.54, 1.807) is 26.9 Å². The zero-order valence-electron chi connectivity index (χ0n) is 28.5. The van der Waals surface area contributed by atoms with Gasteiger partial charge in [-0.05, 0) is 62.2 Å². The molecule has 4 aromatic rings. The summed E-state index contributed by atoms with van der Waals surface area (Å²) in [7, 11) is 3.38. The molecular formula is C32H48N12O2. The van der Waals surface area contributed by atoms with Gasteiger partial charge in [-0.3, -0.25) is 0 Å². The maximum Gasteiger partial charge on any atom is 0.403 e. The van der Waals surface area contributed by atoms with Gasteiger partial charge in [0.15, 0.2) is 0 Å². The molecule has 1 aliphatic heterocycles. The number of nitrogens with zero attached hydrogens (tertiary/aromatic N) is 12. The molecule has 0 saturated carbocycles. The first-order valence-electron chi connectivity index (χ1n) is 15.1. The Labute approximate surface area is 272 Å². The molecule has 5 rings (SSSR count). The van der Waals surface area contributed by atoms with Crippen molar-refractivity contribution >= 4 is 34.6 Å². The maximum absolute atomic E-state index is 5.78. The fraction of sp³-hybridized carbons (Fsp3) is 0.438. The maximum atomic E-state index is 5.78. The molecule has 0 aliphatic carbocycles.